The number of nitro benzene ring substituents is 1. The highest BCUT2D eigenvalue weighted by atomic mass is 32.2. The molecule has 0 aromatic heterocycles. The van der Waals surface area contributed by atoms with E-state index in [1.165, 1.54) is 26.2 Å². The molecule has 1 saturated carbocycles. The number of nitrogens with two attached hydrogens (primary N) is 1. The van der Waals surface area contributed by atoms with Crippen molar-refractivity contribution in [2.24, 2.45) is 5.73 Å². The molecule has 1 fully saturated rings. The molecular weight excluding hydrogens is 296 g/mol. The van der Waals surface area contributed by atoms with E-state index >= 15 is 0 Å². The fourth-order valence-electron chi connectivity index (χ4n) is 2.16. The van der Waals surface area contributed by atoms with E-state index in [-0.39, 0.29) is 22.7 Å². The zero-order chi connectivity index (χ0) is 15.8. The molecule has 0 aliphatic heterocycles. The second kappa shape index (κ2) is 5.58. The molecule has 0 heterocycles. The molecule has 1 aliphatic rings. The minimum atomic E-state index is -3.70. The third-order valence-electron chi connectivity index (χ3n) is 3.48. The lowest BCUT2D eigenvalue weighted by Gasteiger charge is -2.33. The topological polar surface area (TPSA) is 119 Å². The van der Waals surface area contributed by atoms with Gasteiger partial charge in [0, 0.05) is 32.2 Å². The van der Waals surface area contributed by atoms with Gasteiger partial charge >= 0.3 is 0 Å². The van der Waals surface area contributed by atoms with Crippen LogP contribution in [0.4, 0.5) is 11.4 Å². The monoisotopic (exact) mass is 314 g/mol. The van der Waals surface area contributed by atoms with Gasteiger partial charge in [-0.25, -0.2) is 12.7 Å². The standard InChI is InChI=1S/C12H18N4O4S/c1-15(2)21(19,20)10-3-4-11(12(7-10)16(17)18)14-9-5-8(13)6-9/h3-4,7-9,14H,5-6,13H2,1-2H3. The molecule has 116 valence electrons. The second-order valence-electron chi connectivity index (χ2n) is 5.30. The van der Waals surface area contributed by atoms with Crippen LogP contribution in [0.25, 0.3) is 0 Å². The Balaban J connectivity index is 2.34. The van der Waals surface area contributed by atoms with Crippen molar-refractivity contribution in [2.45, 2.75) is 29.8 Å². The molecule has 0 unspecified atom stereocenters. The van der Waals surface area contributed by atoms with Crippen LogP contribution in [-0.2, 0) is 10.0 Å². The zero-order valence-electron chi connectivity index (χ0n) is 11.8. The Morgan fingerprint density at radius 1 is 1.38 bits per heavy atom. The normalized spacial score (nSPS) is 21.9. The maximum absolute atomic E-state index is 12.0. The summed E-state index contributed by atoms with van der Waals surface area (Å²) in [5, 5.41) is 14.2. The number of nitro groups is 1. The highest BCUT2D eigenvalue weighted by Crippen LogP contribution is 2.31. The lowest BCUT2D eigenvalue weighted by Crippen LogP contribution is -2.44. The molecule has 3 N–H and O–H groups in total. The quantitative estimate of drug-likeness (QED) is 0.611. The van der Waals surface area contributed by atoms with Crippen LogP contribution in [0, 0.1) is 10.1 Å². The van der Waals surface area contributed by atoms with Gasteiger partial charge in [-0.2, -0.15) is 0 Å². The third kappa shape index (κ3) is 3.14. The summed E-state index contributed by atoms with van der Waals surface area (Å²) in [6.07, 6.45) is 1.49. The summed E-state index contributed by atoms with van der Waals surface area (Å²) in [5.41, 5.74) is 5.74. The maximum atomic E-state index is 12.0. The van der Waals surface area contributed by atoms with Gasteiger partial charge < -0.3 is 11.1 Å². The van der Waals surface area contributed by atoms with Crippen LogP contribution in [-0.4, -0.2) is 43.8 Å². The van der Waals surface area contributed by atoms with Gasteiger partial charge in [-0.3, -0.25) is 10.1 Å². The molecule has 2 rings (SSSR count). The summed E-state index contributed by atoms with van der Waals surface area (Å²) in [7, 11) is -0.941. The van der Waals surface area contributed by atoms with Gasteiger partial charge in [-0.1, -0.05) is 0 Å². The van der Waals surface area contributed by atoms with Gasteiger partial charge in [0.15, 0.2) is 0 Å². The SMILES string of the molecule is CN(C)S(=O)(=O)c1ccc(NC2CC(N)C2)c([N+](=O)[O-])c1. The number of benzene rings is 1. The third-order valence-corrected chi connectivity index (χ3v) is 5.29. The number of hydrogen-bond donors (Lipinski definition) is 2. The van der Waals surface area contributed by atoms with E-state index in [0.29, 0.717) is 5.69 Å². The summed E-state index contributed by atoms with van der Waals surface area (Å²) in [4.78, 5) is 10.5. The van der Waals surface area contributed by atoms with Crippen molar-refractivity contribution in [2.75, 3.05) is 19.4 Å². The summed E-state index contributed by atoms with van der Waals surface area (Å²) >= 11 is 0. The van der Waals surface area contributed by atoms with E-state index in [0.717, 1.165) is 23.2 Å². The predicted molar refractivity (Wildman–Crippen MR) is 78.6 cm³/mol. The molecular formula is C12H18N4O4S. The first-order valence-corrected chi connectivity index (χ1v) is 7.89. The highest BCUT2D eigenvalue weighted by Gasteiger charge is 2.29. The van der Waals surface area contributed by atoms with Crippen molar-refractivity contribution < 1.29 is 13.3 Å². The van der Waals surface area contributed by atoms with E-state index < -0.39 is 14.9 Å². The van der Waals surface area contributed by atoms with E-state index in [1.54, 1.807) is 0 Å². The van der Waals surface area contributed by atoms with Gasteiger partial charge in [0.05, 0.1) is 9.82 Å². The molecule has 0 atom stereocenters. The van der Waals surface area contributed by atoms with Gasteiger partial charge in [-0.15, -0.1) is 0 Å². The summed E-state index contributed by atoms with van der Waals surface area (Å²) in [6.45, 7) is 0. The second-order valence-corrected chi connectivity index (χ2v) is 7.45. The first-order chi connectivity index (χ1) is 9.71. The molecule has 8 nitrogen and oxygen atoms in total. The van der Waals surface area contributed by atoms with Gasteiger partial charge in [-0.05, 0) is 25.0 Å². The average molecular weight is 314 g/mol. The number of anilines is 1. The Morgan fingerprint density at radius 2 is 2.00 bits per heavy atom. The van der Waals surface area contributed by atoms with E-state index in [9.17, 15) is 18.5 Å². The Morgan fingerprint density at radius 3 is 2.48 bits per heavy atom. The first-order valence-electron chi connectivity index (χ1n) is 6.45. The Bertz CT molecular complexity index is 653. The molecule has 1 aromatic carbocycles. The number of sulfonamides is 1. The zero-order valence-corrected chi connectivity index (χ0v) is 12.6. The van der Waals surface area contributed by atoms with Crippen molar-refractivity contribution >= 4 is 21.4 Å². The molecule has 21 heavy (non-hydrogen) atoms. The van der Waals surface area contributed by atoms with E-state index in [2.05, 4.69) is 5.32 Å². The van der Waals surface area contributed by atoms with Crippen molar-refractivity contribution in [1.29, 1.82) is 0 Å². The Hall–Kier alpha value is -1.71. The summed E-state index contributed by atoms with van der Waals surface area (Å²) < 4.78 is 25.1. The lowest BCUT2D eigenvalue weighted by molar-refractivity contribution is -0.384. The van der Waals surface area contributed by atoms with Crippen LogP contribution >= 0.6 is 0 Å². The first kappa shape index (κ1) is 15.7. The lowest BCUT2D eigenvalue weighted by atomic mass is 9.87. The van der Waals surface area contributed by atoms with Gasteiger partial charge in [0.25, 0.3) is 5.69 Å². The van der Waals surface area contributed by atoms with Crippen LogP contribution in [0.1, 0.15) is 12.8 Å². The number of nitrogens with zero attached hydrogens (tertiary/aromatic N) is 2. The summed E-state index contributed by atoms with van der Waals surface area (Å²) in [5.74, 6) is 0. The minimum absolute atomic E-state index is 0.0926. The largest absolute Gasteiger partial charge is 0.377 e. The van der Waals surface area contributed by atoms with Crippen LogP contribution in [0.3, 0.4) is 0 Å². The van der Waals surface area contributed by atoms with Crippen molar-refractivity contribution in [3.8, 4) is 0 Å². The van der Waals surface area contributed by atoms with E-state index in [1.807, 2.05) is 0 Å². The maximum Gasteiger partial charge on any atom is 0.293 e. The molecule has 9 heteroatoms. The van der Waals surface area contributed by atoms with Gasteiger partial charge in [0.2, 0.25) is 10.0 Å². The average Bonchev–Trinajstić information content (AvgIpc) is 2.36. The van der Waals surface area contributed by atoms with Crippen LogP contribution < -0.4 is 11.1 Å². The fraction of sp³-hybridized carbons (Fsp3) is 0.500. The molecule has 0 radical (unpaired) electrons. The summed E-state index contributed by atoms with van der Waals surface area (Å²) in [6, 6.07) is 4.09. The molecule has 0 spiro atoms. The van der Waals surface area contributed by atoms with Crippen LogP contribution in [0.15, 0.2) is 23.1 Å². The van der Waals surface area contributed by atoms with Gasteiger partial charge in [0.1, 0.15) is 5.69 Å². The predicted octanol–water partition coefficient (Wildman–Crippen LogP) is 0.747. The smallest absolute Gasteiger partial charge is 0.293 e. The molecule has 0 bridgehead atoms. The van der Waals surface area contributed by atoms with Crippen LogP contribution in [0.2, 0.25) is 0 Å². The molecule has 0 amide bonds. The minimum Gasteiger partial charge on any atom is -0.377 e. The number of nitrogens with one attached hydrogen (secondary N) is 1. The van der Waals surface area contributed by atoms with Crippen LogP contribution in [0.5, 0.6) is 0 Å². The number of rotatable bonds is 5. The van der Waals surface area contributed by atoms with Crippen molar-refractivity contribution in [3.05, 3.63) is 28.3 Å². The number of hydrogen-bond acceptors (Lipinski definition) is 6. The van der Waals surface area contributed by atoms with E-state index in [4.69, 9.17) is 5.73 Å². The Kier molecular flexibility index (Phi) is 4.17. The molecule has 1 aromatic rings. The molecule has 0 saturated heterocycles. The van der Waals surface area contributed by atoms with Crippen molar-refractivity contribution in [1.82, 2.24) is 4.31 Å². The Labute approximate surface area is 123 Å². The fourth-order valence-corrected chi connectivity index (χ4v) is 3.08. The molecule has 1 aliphatic carbocycles. The van der Waals surface area contributed by atoms with Crippen molar-refractivity contribution in [3.63, 3.8) is 0 Å². The highest BCUT2D eigenvalue weighted by molar-refractivity contribution is 7.89.